The minimum Gasteiger partial charge on any atom is -0.305 e. The van der Waals surface area contributed by atoms with E-state index < -0.39 is 0 Å². The fourth-order valence-electron chi connectivity index (χ4n) is 4.58. The van der Waals surface area contributed by atoms with E-state index in [4.69, 9.17) is 5.21 Å². The van der Waals surface area contributed by atoms with E-state index in [1.54, 1.807) is 0 Å². The maximum absolute atomic E-state index is 4.99. The lowest BCUT2D eigenvalue weighted by Crippen LogP contribution is -2.45. The second-order valence-corrected chi connectivity index (χ2v) is 8.82. The quantitative estimate of drug-likeness (QED) is 0.605. The van der Waals surface area contributed by atoms with Crippen molar-refractivity contribution >= 4 is 11.0 Å². The molecule has 2 unspecified atom stereocenters. The Labute approximate surface area is 175 Å². The first-order valence-corrected chi connectivity index (χ1v) is 11.4. The van der Waals surface area contributed by atoms with Crippen molar-refractivity contribution in [2.24, 2.45) is 0 Å². The molecule has 1 saturated heterocycles. The Morgan fingerprint density at radius 1 is 0.690 bits per heavy atom. The van der Waals surface area contributed by atoms with Crippen LogP contribution in [0.15, 0.2) is 24.3 Å². The van der Waals surface area contributed by atoms with Crippen LogP contribution in [0.2, 0.25) is 0 Å². The molecule has 7 nitrogen and oxygen atoms in total. The number of fused-ring (bicyclic) bond motifs is 13. The van der Waals surface area contributed by atoms with Gasteiger partial charge in [-0.1, -0.05) is 12.1 Å². The number of para-hydroxylation sites is 2. The van der Waals surface area contributed by atoms with Gasteiger partial charge in [0.1, 0.15) is 13.1 Å². The Hall–Kier alpha value is -1.54. The fourth-order valence-corrected chi connectivity index (χ4v) is 4.58. The van der Waals surface area contributed by atoms with E-state index in [0.717, 1.165) is 52.4 Å². The zero-order valence-corrected chi connectivity index (χ0v) is 18.3. The van der Waals surface area contributed by atoms with Gasteiger partial charge in [-0.2, -0.15) is 0 Å². The van der Waals surface area contributed by atoms with E-state index in [9.17, 15) is 0 Å². The highest BCUT2D eigenvalue weighted by atomic mass is 15.5. The average Bonchev–Trinajstić information content (AvgIpc) is 3.07. The van der Waals surface area contributed by atoms with Crippen LogP contribution in [0.1, 0.15) is 12.8 Å². The number of aromatic nitrogens is 3. The number of benzene rings is 1. The van der Waals surface area contributed by atoms with E-state index in [0.29, 0.717) is 0 Å². The summed E-state index contributed by atoms with van der Waals surface area (Å²) < 4.78 is 4.45. The molecule has 5 rings (SSSR count). The molecule has 3 aliphatic rings. The molecule has 29 heavy (non-hydrogen) atoms. The molecule has 1 fully saturated rings. The Balaban J connectivity index is 1.64. The number of likely N-dealkylation sites (N-methyl/N-ethyl adjacent to an activating group) is 2. The van der Waals surface area contributed by atoms with Gasteiger partial charge in [0.2, 0.25) is 0 Å². The van der Waals surface area contributed by atoms with Crippen molar-refractivity contribution in [3.63, 3.8) is 0 Å². The molecule has 4 heterocycles. The van der Waals surface area contributed by atoms with Gasteiger partial charge in [0.25, 0.3) is 0 Å². The highest BCUT2D eigenvalue weighted by Gasteiger charge is 2.20. The first-order valence-electron chi connectivity index (χ1n) is 11.4. The predicted octanol–water partition coefficient (Wildman–Crippen LogP) is 0.599. The number of hydrogen-bond acceptors (Lipinski definition) is 5. The van der Waals surface area contributed by atoms with Crippen LogP contribution in [0, 0.1) is 0 Å². The van der Waals surface area contributed by atoms with Gasteiger partial charge in [-0.05, 0) is 65.2 Å². The summed E-state index contributed by atoms with van der Waals surface area (Å²) in [5.41, 5.74) is 2.52. The van der Waals surface area contributed by atoms with Crippen molar-refractivity contribution in [3.05, 3.63) is 24.3 Å². The van der Waals surface area contributed by atoms with Crippen LogP contribution in [-0.4, -0.2) is 109 Å². The molecule has 0 radical (unpaired) electrons. The molecular weight excluding hydrogens is 362 g/mol. The van der Waals surface area contributed by atoms with Crippen LogP contribution in [0.4, 0.5) is 0 Å². The van der Waals surface area contributed by atoms with Crippen LogP contribution in [0.3, 0.4) is 0 Å². The molecule has 1 aromatic carbocycles. The second-order valence-electron chi connectivity index (χ2n) is 8.82. The van der Waals surface area contributed by atoms with Crippen LogP contribution < -0.4 is 4.68 Å². The van der Waals surface area contributed by atoms with E-state index in [2.05, 4.69) is 67.3 Å². The molecular formula is C22H38N7+. The normalized spacial score (nSPS) is 26.8. The van der Waals surface area contributed by atoms with Crippen LogP contribution in [0.5, 0.6) is 0 Å². The highest BCUT2D eigenvalue weighted by molar-refractivity contribution is 5.70. The van der Waals surface area contributed by atoms with Crippen molar-refractivity contribution in [2.75, 3.05) is 79.5 Å². The highest BCUT2D eigenvalue weighted by Crippen LogP contribution is 2.10. The van der Waals surface area contributed by atoms with Crippen molar-refractivity contribution in [1.82, 2.24) is 29.5 Å². The number of rotatable bonds is 0. The molecule has 0 spiro atoms. The number of hydrogen-bond donors (Lipinski definition) is 0. The minimum absolute atomic E-state index is 0.955. The summed E-state index contributed by atoms with van der Waals surface area (Å²) >= 11 is 0. The van der Waals surface area contributed by atoms with Crippen LogP contribution in [0.25, 0.3) is 11.0 Å². The molecule has 2 atom stereocenters. The zero-order valence-electron chi connectivity index (χ0n) is 18.3. The Bertz CT molecular complexity index is 712. The molecule has 0 aliphatic carbocycles. The molecule has 3 aliphatic heterocycles. The van der Waals surface area contributed by atoms with E-state index in [1.165, 1.54) is 50.1 Å². The van der Waals surface area contributed by atoms with Gasteiger partial charge in [0, 0.05) is 39.3 Å². The minimum atomic E-state index is 0.955. The van der Waals surface area contributed by atoms with E-state index in [1.807, 2.05) is 0 Å². The molecule has 0 saturated carbocycles. The smallest absolute Gasteiger partial charge is 0.198 e. The molecule has 1 aromatic heterocycles. The summed E-state index contributed by atoms with van der Waals surface area (Å²) in [6.45, 7) is 13.3. The summed E-state index contributed by atoms with van der Waals surface area (Å²) in [4.78, 5) is 10.3. The van der Waals surface area contributed by atoms with Crippen molar-refractivity contribution < 1.29 is 4.68 Å². The van der Waals surface area contributed by atoms with Crippen molar-refractivity contribution in [2.45, 2.75) is 25.9 Å². The summed E-state index contributed by atoms with van der Waals surface area (Å²) in [5.74, 6) is 0. The lowest BCUT2D eigenvalue weighted by atomic mass is 10.2. The SMILES string of the molecule is CN1CCCN2CCN(C)CCCN(CC1)CCn1n[n+](c3ccccc31)CC2. The monoisotopic (exact) mass is 400 g/mol. The van der Waals surface area contributed by atoms with Gasteiger partial charge >= 0.3 is 0 Å². The van der Waals surface area contributed by atoms with Crippen LogP contribution >= 0.6 is 0 Å². The molecule has 160 valence electrons. The third-order valence-corrected chi connectivity index (χ3v) is 6.53. The molecule has 0 amide bonds. The predicted molar refractivity (Wildman–Crippen MR) is 117 cm³/mol. The van der Waals surface area contributed by atoms with Gasteiger partial charge in [0.05, 0.1) is 5.21 Å². The maximum atomic E-state index is 4.99. The second kappa shape index (κ2) is 9.98. The maximum Gasteiger partial charge on any atom is 0.198 e. The fraction of sp³-hybridized carbons (Fsp3) is 0.727. The number of nitrogens with zero attached hydrogens (tertiary/aromatic N) is 7. The first kappa shape index (κ1) is 20.7. The third-order valence-electron chi connectivity index (χ3n) is 6.53. The summed E-state index contributed by atoms with van der Waals surface area (Å²) in [6, 6.07) is 8.71. The average molecular weight is 401 g/mol. The standard InChI is InChI=1S/C22H38N7/c1-24-9-5-11-27-16-14-25(2)10-6-12-26(15-13-24)17-19-28-21-7-3-4-8-22(21)29(23-28)20-18-27/h3-4,7-8H,5-6,9-20H2,1-2H3/q+1. The summed E-state index contributed by atoms with van der Waals surface area (Å²) in [7, 11) is 4.56. The van der Waals surface area contributed by atoms with Crippen molar-refractivity contribution in [1.29, 1.82) is 0 Å². The summed E-state index contributed by atoms with van der Waals surface area (Å²) in [6.07, 6.45) is 2.47. The molecule has 4 bridgehead atoms. The lowest BCUT2D eigenvalue weighted by Gasteiger charge is -2.29. The van der Waals surface area contributed by atoms with Gasteiger partial charge in [-0.3, -0.25) is 9.80 Å². The van der Waals surface area contributed by atoms with E-state index in [-0.39, 0.29) is 0 Å². The molecule has 7 heteroatoms. The lowest BCUT2D eigenvalue weighted by molar-refractivity contribution is -0.732. The van der Waals surface area contributed by atoms with Gasteiger partial charge in [0.15, 0.2) is 11.0 Å². The van der Waals surface area contributed by atoms with Crippen molar-refractivity contribution in [3.8, 4) is 0 Å². The molecule has 0 N–H and O–H groups in total. The summed E-state index contributed by atoms with van der Waals surface area (Å²) in [5, 5.41) is 4.99. The third kappa shape index (κ3) is 5.54. The zero-order chi connectivity index (χ0) is 20.1. The molecule has 2 aromatic rings. The topological polar surface area (TPSA) is 34.7 Å². The van der Waals surface area contributed by atoms with E-state index >= 15 is 0 Å². The van der Waals surface area contributed by atoms with Crippen LogP contribution in [-0.2, 0) is 13.1 Å². The first-order chi connectivity index (χ1) is 14.2. The largest absolute Gasteiger partial charge is 0.305 e. The Morgan fingerprint density at radius 2 is 1.31 bits per heavy atom. The Morgan fingerprint density at radius 3 is 2.03 bits per heavy atom. The van der Waals surface area contributed by atoms with Gasteiger partial charge < -0.3 is 9.80 Å². The van der Waals surface area contributed by atoms with Gasteiger partial charge in [-0.15, -0.1) is 9.36 Å². The van der Waals surface area contributed by atoms with Gasteiger partial charge in [-0.25, -0.2) is 0 Å². The Kier molecular flexibility index (Phi) is 7.13.